The van der Waals surface area contributed by atoms with E-state index in [4.69, 9.17) is 10.8 Å². The predicted molar refractivity (Wildman–Crippen MR) is 76.3 cm³/mol. The van der Waals surface area contributed by atoms with Gasteiger partial charge in [0.15, 0.2) is 0 Å². The van der Waals surface area contributed by atoms with Gasteiger partial charge in [0, 0.05) is 35.6 Å². The monoisotopic (exact) mass is 259 g/mol. The van der Waals surface area contributed by atoms with Crippen molar-refractivity contribution in [3.05, 3.63) is 30.0 Å². The average Bonchev–Trinajstić information content (AvgIpc) is 2.34. The van der Waals surface area contributed by atoms with Crippen LogP contribution in [0.1, 0.15) is 18.4 Å². The summed E-state index contributed by atoms with van der Waals surface area (Å²) >= 11 is 0. The molecule has 2 aromatic rings. The summed E-state index contributed by atoms with van der Waals surface area (Å²) in [5, 5.41) is 13.7. The van der Waals surface area contributed by atoms with Gasteiger partial charge >= 0.3 is 5.97 Å². The molecule has 1 aromatic heterocycles. The predicted octanol–water partition coefficient (Wildman–Crippen LogP) is 2.40. The fourth-order valence-corrected chi connectivity index (χ4v) is 2.05. The van der Waals surface area contributed by atoms with Crippen molar-refractivity contribution < 1.29 is 9.90 Å². The van der Waals surface area contributed by atoms with E-state index in [-0.39, 0.29) is 6.42 Å². The van der Waals surface area contributed by atoms with Crippen LogP contribution in [-0.4, -0.2) is 22.6 Å². The van der Waals surface area contributed by atoms with Gasteiger partial charge in [-0.1, -0.05) is 0 Å². The van der Waals surface area contributed by atoms with Gasteiger partial charge in [-0.15, -0.1) is 0 Å². The molecule has 0 spiro atoms. The zero-order valence-corrected chi connectivity index (χ0v) is 10.8. The summed E-state index contributed by atoms with van der Waals surface area (Å²) in [5.41, 5.74) is 7.79. The number of aliphatic carboxylic acids is 1. The second-order valence-electron chi connectivity index (χ2n) is 4.53. The molecule has 0 saturated carbocycles. The summed E-state index contributed by atoms with van der Waals surface area (Å²) < 4.78 is 0. The molecule has 0 bridgehead atoms. The lowest BCUT2D eigenvalue weighted by atomic mass is 10.1. The topological polar surface area (TPSA) is 88.2 Å². The molecule has 0 fully saturated rings. The van der Waals surface area contributed by atoms with Crippen molar-refractivity contribution in [2.75, 3.05) is 17.6 Å². The van der Waals surface area contributed by atoms with Crippen LogP contribution < -0.4 is 11.1 Å². The zero-order valence-electron chi connectivity index (χ0n) is 10.8. The molecule has 5 nitrogen and oxygen atoms in total. The van der Waals surface area contributed by atoms with E-state index < -0.39 is 5.97 Å². The summed E-state index contributed by atoms with van der Waals surface area (Å²) in [6, 6.07) is 5.83. The number of carboxylic acids is 1. The van der Waals surface area contributed by atoms with E-state index in [9.17, 15) is 4.79 Å². The molecular formula is C14H17N3O2. The van der Waals surface area contributed by atoms with Gasteiger partial charge in [-0.2, -0.15) is 0 Å². The number of fused-ring (bicyclic) bond motifs is 1. The first kappa shape index (κ1) is 13.1. The van der Waals surface area contributed by atoms with E-state index in [1.807, 2.05) is 25.1 Å². The summed E-state index contributed by atoms with van der Waals surface area (Å²) in [6.45, 7) is 2.56. The number of aryl methyl sites for hydroxylation is 1. The quantitative estimate of drug-likeness (QED) is 0.567. The van der Waals surface area contributed by atoms with Crippen molar-refractivity contribution in [3.63, 3.8) is 0 Å². The van der Waals surface area contributed by atoms with E-state index >= 15 is 0 Å². The van der Waals surface area contributed by atoms with E-state index in [1.165, 1.54) is 0 Å². The molecule has 0 aliphatic heterocycles. The lowest BCUT2D eigenvalue weighted by molar-refractivity contribution is -0.137. The molecule has 2 rings (SSSR count). The molecule has 19 heavy (non-hydrogen) atoms. The van der Waals surface area contributed by atoms with Gasteiger partial charge in [-0.25, -0.2) is 4.98 Å². The van der Waals surface area contributed by atoms with Gasteiger partial charge in [-0.3, -0.25) is 4.79 Å². The van der Waals surface area contributed by atoms with Gasteiger partial charge < -0.3 is 16.2 Å². The van der Waals surface area contributed by atoms with E-state index in [1.54, 1.807) is 6.20 Å². The van der Waals surface area contributed by atoms with Gasteiger partial charge in [0.05, 0.1) is 0 Å². The Balaban J connectivity index is 2.21. The fraction of sp³-hybridized carbons (Fsp3) is 0.286. The Labute approximate surface area is 111 Å². The number of nitrogens with zero attached hydrogens (tertiary/aromatic N) is 1. The van der Waals surface area contributed by atoms with Crippen LogP contribution in [0.2, 0.25) is 0 Å². The molecule has 1 heterocycles. The molecule has 100 valence electrons. The maximum atomic E-state index is 10.5. The first-order valence-corrected chi connectivity index (χ1v) is 6.18. The highest BCUT2D eigenvalue weighted by Gasteiger charge is 2.05. The van der Waals surface area contributed by atoms with Crippen LogP contribution in [0.3, 0.4) is 0 Å². The Bertz CT molecular complexity index is 611. The Morgan fingerprint density at radius 2 is 2.21 bits per heavy atom. The van der Waals surface area contributed by atoms with Crippen LogP contribution in [0.25, 0.3) is 10.8 Å². The largest absolute Gasteiger partial charge is 0.481 e. The summed E-state index contributed by atoms with van der Waals surface area (Å²) in [4.78, 5) is 14.7. The maximum absolute atomic E-state index is 10.5. The Kier molecular flexibility index (Phi) is 3.85. The highest BCUT2D eigenvalue weighted by atomic mass is 16.4. The van der Waals surface area contributed by atoms with Crippen LogP contribution in [-0.2, 0) is 4.79 Å². The number of carbonyl (C=O) groups is 1. The smallest absolute Gasteiger partial charge is 0.303 e. The molecule has 0 aliphatic rings. The van der Waals surface area contributed by atoms with Gasteiger partial charge in [-0.05, 0) is 37.1 Å². The number of carboxylic acid groups (broad SMARTS) is 1. The van der Waals surface area contributed by atoms with Gasteiger partial charge in [0.2, 0.25) is 0 Å². The Morgan fingerprint density at radius 1 is 1.42 bits per heavy atom. The van der Waals surface area contributed by atoms with Crippen molar-refractivity contribution in [1.29, 1.82) is 0 Å². The lowest BCUT2D eigenvalue weighted by Gasteiger charge is -2.10. The van der Waals surface area contributed by atoms with Crippen molar-refractivity contribution in [2.24, 2.45) is 0 Å². The number of pyridine rings is 1. The van der Waals surface area contributed by atoms with Crippen molar-refractivity contribution in [2.45, 2.75) is 19.8 Å². The summed E-state index contributed by atoms with van der Waals surface area (Å²) in [6.07, 6.45) is 2.42. The molecule has 0 atom stereocenters. The van der Waals surface area contributed by atoms with Crippen LogP contribution in [0.15, 0.2) is 24.4 Å². The second-order valence-corrected chi connectivity index (χ2v) is 4.53. The normalized spacial score (nSPS) is 10.6. The third-order valence-corrected chi connectivity index (χ3v) is 2.92. The maximum Gasteiger partial charge on any atom is 0.303 e. The van der Waals surface area contributed by atoms with E-state index in [0.29, 0.717) is 13.0 Å². The minimum atomic E-state index is -0.784. The summed E-state index contributed by atoms with van der Waals surface area (Å²) in [7, 11) is 0. The number of benzene rings is 1. The molecule has 4 N–H and O–H groups in total. The van der Waals surface area contributed by atoms with Crippen molar-refractivity contribution in [1.82, 2.24) is 4.98 Å². The van der Waals surface area contributed by atoms with Crippen molar-refractivity contribution >= 4 is 28.2 Å². The third-order valence-electron chi connectivity index (χ3n) is 2.92. The number of aromatic nitrogens is 1. The van der Waals surface area contributed by atoms with Crippen LogP contribution in [0, 0.1) is 6.92 Å². The average molecular weight is 259 g/mol. The molecule has 0 amide bonds. The lowest BCUT2D eigenvalue weighted by Crippen LogP contribution is -2.06. The van der Waals surface area contributed by atoms with Gasteiger partial charge in [0.1, 0.15) is 5.82 Å². The minimum Gasteiger partial charge on any atom is -0.481 e. The van der Waals surface area contributed by atoms with E-state index in [2.05, 4.69) is 10.3 Å². The molecule has 1 aromatic carbocycles. The Morgan fingerprint density at radius 3 is 2.95 bits per heavy atom. The molecule has 0 saturated heterocycles. The first-order chi connectivity index (χ1) is 9.08. The highest BCUT2D eigenvalue weighted by Crippen LogP contribution is 2.27. The highest BCUT2D eigenvalue weighted by molar-refractivity contribution is 5.99. The number of nitrogen functional groups attached to an aromatic ring is 1. The molecule has 0 radical (unpaired) electrons. The molecule has 5 heteroatoms. The standard InChI is InChI=1S/C14H17N3O2/c1-9-7-11-10(12(15)8-9)4-6-17-14(11)16-5-2-3-13(18)19/h4,6-8H,2-3,5,15H2,1H3,(H,16,17)(H,18,19). The number of nitrogens with one attached hydrogen (secondary N) is 1. The van der Waals surface area contributed by atoms with Gasteiger partial charge in [0.25, 0.3) is 0 Å². The fourth-order valence-electron chi connectivity index (χ4n) is 2.05. The zero-order chi connectivity index (χ0) is 13.8. The number of hydrogen-bond donors (Lipinski definition) is 3. The first-order valence-electron chi connectivity index (χ1n) is 6.18. The molecule has 0 unspecified atom stereocenters. The third kappa shape index (κ3) is 3.13. The van der Waals surface area contributed by atoms with E-state index in [0.717, 1.165) is 27.8 Å². The minimum absolute atomic E-state index is 0.152. The van der Waals surface area contributed by atoms with Crippen LogP contribution in [0.4, 0.5) is 11.5 Å². The number of anilines is 2. The second kappa shape index (κ2) is 5.56. The number of nitrogens with two attached hydrogens (primary N) is 1. The molecular weight excluding hydrogens is 242 g/mol. The Hall–Kier alpha value is -2.30. The number of hydrogen-bond acceptors (Lipinski definition) is 4. The van der Waals surface area contributed by atoms with Crippen LogP contribution >= 0.6 is 0 Å². The summed E-state index contributed by atoms with van der Waals surface area (Å²) in [5.74, 6) is -0.0361. The van der Waals surface area contributed by atoms with Crippen molar-refractivity contribution in [3.8, 4) is 0 Å². The molecule has 0 aliphatic carbocycles. The van der Waals surface area contributed by atoms with Crippen LogP contribution in [0.5, 0.6) is 0 Å². The number of rotatable bonds is 5. The SMILES string of the molecule is Cc1cc(N)c2ccnc(NCCCC(=O)O)c2c1.